The highest BCUT2D eigenvalue weighted by Crippen LogP contribution is 2.41. The van der Waals surface area contributed by atoms with Crippen LogP contribution in [0.1, 0.15) is 37.7 Å². The molecule has 0 amide bonds. The number of rotatable bonds is 7. The molecule has 2 aromatic carbocycles. The highest BCUT2D eigenvalue weighted by Gasteiger charge is 2.42. The molecule has 0 bridgehead atoms. The van der Waals surface area contributed by atoms with Crippen molar-refractivity contribution in [1.29, 1.82) is 0 Å². The largest absolute Gasteiger partial charge is 0.508 e. The van der Waals surface area contributed by atoms with Crippen molar-refractivity contribution in [2.75, 3.05) is 26.7 Å². The molecule has 1 saturated carbocycles. The summed E-state index contributed by atoms with van der Waals surface area (Å²) in [4.78, 5) is 2.57. The van der Waals surface area contributed by atoms with E-state index >= 15 is 0 Å². The third-order valence-corrected chi connectivity index (χ3v) is 6.55. The zero-order chi connectivity index (χ0) is 20.4. The van der Waals surface area contributed by atoms with Gasteiger partial charge < -0.3 is 19.5 Å². The number of fused-ring (bicyclic) bond motifs is 1. The number of hydrogen-bond donors (Lipinski definition) is 1. The van der Waals surface area contributed by atoms with Gasteiger partial charge in [-0.05, 0) is 66.8 Å². The van der Waals surface area contributed by atoms with Crippen molar-refractivity contribution in [2.45, 2.75) is 38.2 Å². The molecule has 4 atom stereocenters. The van der Waals surface area contributed by atoms with Gasteiger partial charge in [0.25, 0.3) is 0 Å². The molecule has 1 N–H and O–H groups in total. The van der Waals surface area contributed by atoms with Gasteiger partial charge >= 0.3 is 0 Å². The van der Waals surface area contributed by atoms with Crippen LogP contribution >= 0.6 is 0 Å². The first-order valence-electron chi connectivity index (χ1n) is 10.6. The Morgan fingerprint density at radius 3 is 2.41 bits per heavy atom. The van der Waals surface area contributed by atoms with Gasteiger partial charge in [0, 0.05) is 25.7 Å². The normalized spacial score (nSPS) is 25.0. The molecule has 2 aromatic rings. The number of halogens is 1. The Labute approximate surface area is 172 Å². The molecule has 1 heterocycles. The lowest BCUT2D eigenvalue weighted by Gasteiger charge is -2.25. The Bertz CT molecular complexity index is 811. The van der Waals surface area contributed by atoms with Crippen molar-refractivity contribution >= 4 is 0 Å². The predicted octanol–water partition coefficient (Wildman–Crippen LogP) is 4.82. The highest BCUT2D eigenvalue weighted by molar-refractivity contribution is 5.34. The van der Waals surface area contributed by atoms with Crippen molar-refractivity contribution in [3.63, 3.8) is 0 Å². The Hall–Kier alpha value is -2.27. The zero-order valence-electron chi connectivity index (χ0n) is 17.2. The average Bonchev–Trinajstić information content (AvgIpc) is 3.26. The van der Waals surface area contributed by atoms with Gasteiger partial charge in [0.05, 0.1) is 13.2 Å². The number of hydrogen-bond acceptors (Lipinski definition) is 4. The molecule has 4 rings (SSSR count). The van der Waals surface area contributed by atoms with E-state index in [9.17, 15) is 9.50 Å². The summed E-state index contributed by atoms with van der Waals surface area (Å²) in [6.07, 6.45) is 3.12. The molecule has 0 radical (unpaired) electrons. The maximum absolute atomic E-state index is 14.1. The van der Waals surface area contributed by atoms with E-state index in [1.807, 2.05) is 12.1 Å². The predicted molar refractivity (Wildman–Crippen MR) is 111 cm³/mol. The molecule has 1 unspecified atom stereocenters. The van der Waals surface area contributed by atoms with Gasteiger partial charge in [-0.15, -0.1) is 0 Å². The second kappa shape index (κ2) is 8.62. The molecule has 0 spiro atoms. The van der Waals surface area contributed by atoms with Gasteiger partial charge in [-0.3, -0.25) is 0 Å². The lowest BCUT2D eigenvalue weighted by atomic mass is 9.96. The van der Waals surface area contributed by atoms with Crippen LogP contribution in [0.25, 0.3) is 0 Å². The fourth-order valence-electron chi connectivity index (χ4n) is 5.00. The Kier molecular flexibility index (Phi) is 5.95. The van der Waals surface area contributed by atoms with Crippen molar-refractivity contribution < 1.29 is 19.0 Å². The van der Waals surface area contributed by atoms with E-state index in [1.165, 1.54) is 11.6 Å². The lowest BCUT2D eigenvalue weighted by Crippen LogP contribution is -2.28. The summed E-state index contributed by atoms with van der Waals surface area (Å²) in [5, 5.41) is 9.53. The zero-order valence-corrected chi connectivity index (χ0v) is 17.2. The number of nitrogens with zero attached hydrogens (tertiary/aromatic N) is 1. The van der Waals surface area contributed by atoms with Crippen LogP contribution in [-0.2, 0) is 0 Å². The van der Waals surface area contributed by atoms with Crippen molar-refractivity contribution in [2.24, 2.45) is 11.8 Å². The fourth-order valence-corrected chi connectivity index (χ4v) is 5.00. The molecule has 0 aromatic heterocycles. The van der Waals surface area contributed by atoms with Crippen LogP contribution in [0.2, 0.25) is 0 Å². The van der Waals surface area contributed by atoms with E-state index in [0.29, 0.717) is 35.0 Å². The van der Waals surface area contributed by atoms with Crippen LogP contribution in [0.15, 0.2) is 42.5 Å². The quantitative estimate of drug-likeness (QED) is 0.725. The summed E-state index contributed by atoms with van der Waals surface area (Å²) in [6, 6.07) is 12.3. The minimum absolute atomic E-state index is 0.0767. The Morgan fingerprint density at radius 2 is 1.79 bits per heavy atom. The van der Waals surface area contributed by atoms with E-state index in [-0.39, 0.29) is 11.9 Å². The summed E-state index contributed by atoms with van der Waals surface area (Å²) < 4.78 is 25.3. The third kappa shape index (κ3) is 4.50. The molecular weight excluding hydrogens is 369 g/mol. The number of benzene rings is 2. The van der Waals surface area contributed by atoms with Crippen molar-refractivity contribution in [3.05, 3.63) is 53.8 Å². The first-order chi connectivity index (χ1) is 14.1. The number of phenolic OH excluding ortho intramolecular Hbond substituents is 1. The van der Waals surface area contributed by atoms with E-state index in [1.54, 1.807) is 31.4 Å². The monoisotopic (exact) mass is 399 g/mol. The van der Waals surface area contributed by atoms with Crippen molar-refractivity contribution in [1.82, 2.24) is 4.90 Å². The molecule has 4 nitrogen and oxygen atoms in total. The number of likely N-dealkylation sites (tertiary alicyclic amines) is 1. The van der Waals surface area contributed by atoms with Crippen molar-refractivity contribution in [3.8, 4) is 17.2 Å². The molecule has 1 aliphatic heterocycles. The molecular formula is C24H30FNO3. The molecule has 5 heteroatoms. The molecule has 1 saturated heterocycles. The smallest absolute Gasteiger partial charge is 0.165 e. The Morgan fingerprint density at radius 1 is 1.10 bits per heavy atom. The number of aromatic hydroxyl groups is 1. The first-order valence-corrected chi connectivity index (χ1v) is 10.6. The standard InChI is InChI=1S/C24H30FNO3/c1-3-16(17-4-6-20(27)7-5-17)13-26-14-18-10-22(11-19(18)15-26)29-24-12-21(28-2)8-9-23(24)25/h4-9,12,16,18-19,22,27H,3,10-11,13-15H2,1-2H3/t16?,18-,19+,22+. The van der Waals surface area contributed by atoms with Crippen LogP contribution in [-0.4, -0.2) is 42.9 Å². The summed E-state index contributed by atoms with van der Waals surface area (Å²) in [5.74, 6) is 2.61. The van der Waals surface area contributed by atoms with Gasteiger partial charge in [0.1, 0.15) is 11.5 Å². The number of ether oxygens (including phenoxy) is 2. The van der Waals surface area contributed by atoms with Crippen LogP contribution in [0.4, 0.5) is 4.39 Å². The topological polar surface area (TPSA) is 41.9 Å². The van der Waals surface area contributed by atoms with Crippen LogP contribution in [0, 0.1) is 17.7 Å². The molecule has 1 aliphatic carbocycles. The van der Waals surface area contributed by atoms with E-state index in [4.69, 9.17) is 9.47 Å². The molecule has 29 heavy (non-hydrogen) atoms. The maximum Gasteiger partial charge on any atom is 0.165 e. The van der Waals surface area contributed by atoms with Gasteiger partial charge in [-0.2, -0.15) is 0 Å². The van der Waals surface area contributed by atoms with E-state index < -0.39 is 0 Å². The fraction of sp³-hybridized carbons (Fsp3) is 0.500. The minimum Gasteiger partial charge on any atom is -0.508 e. The lowest BCUT2D eigenvalue weighted by molar-refractivity contribution is 0.176. The highest BCUT2D eigenvalue weighted by atomic mass is 19.1. The van der Waals surface area contributed by atoms with E-state index in [2.05, 4.69) is 11.8 Å². The molecule has 2 aliphatic rings. The first kappa shape index (κ1) is 20.0. The maximum atomic E-state index is 14.1. The third-order valence-electron chi connectivity index (χ3n) is 6.55. The Balaban J connectivity index is 1.32. The molecule has 156 valence electrons. The van der Waals surface area contributed by atoms with E-state index in [0.717, 1.165) is 38.9 Å². The van der Waals surface area contributed by atoms with Crippen LogP contribution in [0.5, 0.6) is 17.2 Å². The van der Waals surface area contributed by atoms with Crippen LogP contribution in [0.3, 0.4) is 0 Å². The number of methoxy groups -OCH3 is 1. The summed E-state index contributed by atoms with van der Waals surface area (Å²) in [6.45, 7) is 5.44. The van der Waals surface area contributed by atoms with Gasteiger partial charge in [0.15, 0.2) is 11.6 Å². The SMILES string of the molecule is CCC(CN1C[C@H]2C[C@H](Oc3cc(OC)ccc3F)C[C@H]2C1)c1ccc(O)cc1. The number of phenols is 1. The molecule has 2 fully saturated rings. The summed E-state index contributed by atoms with van der Waals surface area (Å²) in [7, 11) is 1.58. The van der Waals surface area contributed by atoms with Gasteiger partial charge in [-0.25, -0.2) is 4.39 Å². The van der Waals surface area contributed by atoms with Gasteiger partial charge in [0.2, 0.25) is 0 Å². The van der Waals surface area contributed by atoms with Gasteiger partial charge in [-0.1, -0.05) is 19.1 Å². The minimum atomic E-state index is -0.329. The summed E-state index contributed by atoms with van der Waals surface area (Å²) in [5.41, 5.74) is 1.29. The second-order valence-electron chi connectivity index (χ2n) is 8.44. The second-order valence-corrected chi connectivity index (χ2v) is 8.44. The average molecular weight is 400 g/mol. The summed E-state index contributed by atoms with van der Waals surface area (Å²) >= 11 is 0. The van der Waals surface area contributed by atoms with Crippen LogP contribution < -0.4 is 9.47 Å².